The first-order valence-corrected chi connectivity index (χ1v) is 5.81. The van der Waals surface area contributed by atoms with Gasteiger partial charge in [0, 0.05) is 25.0 Å². The van der Waals surface area contributed by atoms with E-state index in [0.717, 1.165) is 19.5 Å². The van der Waals surface area contributed by atoms with E-state index in [9.17, 15) is 4.79 Å². The summed E-state index contributed by atoms with van der Waals surface area (Å²) in [5.41, 5.74) is 5.51. The third-order valence-corrected chi connectivity index (χ3v) is 2.57. The highest BCUT2D eigenvalue weighted by molar-refractivity contribution is 5.67. The average Bonchev–Trinajstić information content (AvgIpc) is 2.14. The van der Waals surface area contributed by atoms with Gasteiger partial charge in [-0.15, -0.1) is 0 Å². The van der Waals surface area contributed by atoms with E-state index in [4.69, 9.17) is 10.5 Å². The van der Waals surface area contributed by atoms with Crippen molar-refractivity contribution in [1.82, 2.24) is 10.6 Å². The highest BCUT2D eigenvalue weighted by atomic mass is 16.6. The highest BCUT2D eigenvalue weighted by Gasteiger charge is 2.23. The molecular formula is C11H23N3O2. The molecule has 1 aliphatic heterocycles. The van der Waals surface area contributed by atoms with Crippen molar-refractivity contribution >= 4 is 6.09 Å². The molecule has 1 amide bonds. The summed E-state index contributed by atoms with van der Waals surface area (Å²) in [5.74, 6) is 0.293. The SMILES string of the molecule is CC(C)(C)OC(=O)NCC1CNCCC1N. The maximum Gasteiger partial charge on any atom is 0.407 e. The van der Waals surface area contributed by atoms with E-state index in [1.165, 1.54) is 0 Å². The van der Waals surface area contributed by atoms with Crippen LogP contribution in [-0.4, -0.2) is 37.4 Å². The maximum absolute atomic E-state index is 11.4. The molecule has 2 atom stereocenters. The summed E-state index contributed by atoms with van der Waals surface area (Å²) in [6, 6.07) is 0.163. The number of ether oxygens (including phenoxy) is 1. The van der Waals surface area contributed by atoms with Crippen LogP contribution in [0.5, 0.6) is 0 Å². The van der Waals surface area contributed by atoms with Gasteiger partial charge in [0.05, 0.1) is 0 Å². The maximum atomic E-state index is 11.4. The first-order valence-electron chi connectivity index (χ1n) is 5.81. The molecule has 1 heterocycles. The number of hydrogen-bond acceptors (Lipinski definition) is 4. The van der Waals surface area contributed by atoms with Gasteiger partial charge >= 0.3 is 6.09 Å². The van der Waals surface area contributed by atoms with E-state index in [2.05, 4.69) is 10.6 Å². The summed E-state index contributed by atoms with van der Waals surface area (Å²) in [6.07, 6.45) is 0.589. The lowest BCUT2D eigenvalue weighted by Crippen LogP contribution is -2.49. The second kappa shape index (κ2) is 5.50. The molecule has 0 bridgehead atoms. The molecule has 1 aliphatic rings. The monoisotopic (exact) mass is 229 g/mol. The molecule has 0 saturated carbocycles. The van der Waals surface area contributed by atoms with Gasteiger partial charge < -0.3 is 21.1 Å². The number of alkyl carbamates (subject to hydrolysis) is 1. The quantitative estimate of drug-likeness (QED) is 0.642. The van der Waals surface area contributed by atoms with Crippen molar-refractivity contribution in [2.75, 3.05) is 19.6 Å². The number of nitrogens with two attached hydrogens (primary N) is 1. The molecule has 2 unspecified atom stereocenters. The van der Waals surface area contributed by atoms with Crippen LogP contribution in [0.3, 0.4) is 0 Å². The van der Waals surface area contributed by atoms with Gasteiger partial charge in [0.2, 0.25) is 0 Å². The van der Waals surface area contributed by atoms with Crippen LogP contribution in [0.25, 0.3) is 0 Å². The zero-order valence-electron chi connectivity index (χ0n) is 10.4. The largest absolute Gasteiger partial charge is 0.444 e. The molecule has 1 saturated heterocycles. The molecule has 0 aromatic heterocycles. The third kappa shape index (κ3) is 4.81. The Morgan fingerprint density at radius 1 is 1.56 bits per heavy atom. The molecule has 5 nitrogen and oxygen atoms in total. The minimum atomic E-state index is -0.447. The third-order valence-electron chi connectivity index (χ3n) is 2.57. The minimum Gasteiger partial charge on any atom is -0.444 e. The fraction of sp³-hybridized carbons (Fsp3) is 0.909. The van der Waals surface area contributed by atoms with Crippen LogP contribution in [-0.2, 0) is 4.74 Å². The van der Waals surface area contributed by atoms with Crippen molar-refractivity contribution in [3.63, 3.8) is 0 Å². The molecule has 4 N–H and O–H groups in total. The Bertz CT molecular complexity index is 238. The molecular weight excluding hydrogens is 206 g/mol. The topological polar surface area (TPSA) is 76.4 Å². The van der Waals surface area contributed by atoms with Gasteiger partial charge in [-0.25, -0.2) is 4.79 Å². The van der Waals surface area contributed by atoms with Gasteiger partial charge in [0.25, 0.3) is 0 Å². The lowest BCUT2D eigenvalue weighted by Gasteiger charge is -2.29. The van der Waals surface area contributed by atoms with E-state index in [-0.39, 0.29) is 12.1 Å². The van der Waals surface area contributed by atoms with Crippen molar-refractivity contribution < 1.29 is 9.53 Å². The summed E-state index contributed by atoms with van der Waals surface area (Å²) in [6.45, 7) is 7.94. The molecule has 0 spiro atoms. The van der Waals surface area contributed by atoms with Crippen LogP contribution in [0.2, 0.25) is 0 Å². The lowest BCUT2D eigenvalue weighted by atomic mass is 9.94. The van der Waals surface area contributed by atoms with Crippen molar-refractivity contribution in [2.24, 2.45) is 11.7 Å². The number of carbonyl (C=O) groups excluding carboxylic acids is 1. The normalized spacial score (nSPS) is 26.2. The fourth-order valence-electron chi connectivity index (χ4n) is 1.70. The predicted molar refractivity (Wildman–Crippen MR) is 63.2 cm³/mol. The number of rotatable bonds is 2. The first-order chi connectivity index (χ1) is 7.38. The van der Waals surface area contributed by atoms with Crippen LogP contribution >= 0.6 is 0 Å². The van der Waals surface area contributed by atoms with E-state index in [0.29, 0.717) is 12.5 Å². The van der Waals surface area contributed by atoms with Gasteiger partial charge in [0.1, 0.15) is 5.60 Å². The van der Waals surface area contributed by atoms with Crippen molar-refractivity contribution in [3.8, 4) is 0 Å². The number of carbonyl (C=O) groups is 1. The summed E-state index contributed by atoms with van der Waals surface area (Å²) < 4.78 is 5.15. The number of amides is 1. The smallest absolute Gasteiger partial charge is 0.407 e. The van der Waals surface area contributed by atoms with Gasteiger partial charge in [0.15, 0.2) is 0 Å². The lowest BCUT2D eigenvalue weighted by molar-refractivity contribution is 0.0515. The van der Waals surface area contributed by atoms with E-state index in [1.807, 2.05) is 20.8 Å². The second-order valence-electron chi connectivity index (χ2n) is 5.30. The van der Waals surface area contributed by atoms with Gasteiger partial charge in [-0.05, 0) is 33.7 Å². The van der Waals surface area contributed by atoms with Gasteiger partial charge in [-0.2, -0.15) is 0 Å². The summed E-state index contributed by atoms with van der Waals surface area (Å²) in [5, 5.41) is 6.02. The Morgan fingerprint density at radius 3 is 2.81 bits per heavy atom. The van der Waals surface area contributed by atoms with Crippen LogP contribution in [0.1, 0.15) is 27.2 Å². The van der Waals surface area contributed by atoms with Gasteiger partial charge in [-0.3, -0.25) is 0 Å². The fourth-order valence-corrected chi connectivity index (χ4v) is 1.70. The van der Waals surface area contributed by atoms with Crippen molar-refractivity contribution in [3.05, 3.63) is 0 Å². The van der Waals surface area contributed by atoms with E-state index >= 15 is 0 Å². The predicted octanol–water partition coefficient (Wildman–Crippen LogP) is 0.448. The second-order valence-corrected chi connectivity index (χ2v) is 5.30. The summed E-state index contributed by atoms with van der Waals surface area (Å²) >= 11 is 0. The van der Waals surface area contributed by atoms with Crippen LogP contribution in [0, 0.1) is 5.92 Å². The molecule has 0 aliphatic carbocycles. The number of hydrogen-bond donors (Lipinski definition) is 3. The Kier molecular flexibility index (Phi) is 4.56. The van der Waals surface area contributed by atoms with Crippen molar-refractivity contribution in [1.29, 1.82) is 0 Å². The molecule has 0 aromatic rings. The molecule has 16 heavy (non-hydrogen) atoms. The zero-order valence-corrected chi connectivity index (χ0v) is 10.4. The van der Waals surface area contributed by atoms with Crippen LogP contribution < -0.4 is 16.4 Å². The molecule has 1 rings (SSSR count). The Balaban J connectivity index is 2.25. The molecule has 5 heteroatoms. The van der Waals surface area contributed by atoms with E-state index < -0.39 is 5.60 Å². The van der Waals surface area contributed by atoms with E-state index in [1.54, 1.807) is 0 Å². The minimum absolute atomic E-state index is 0.163. The number of nitrogens with one attached hydrogen (secondary N) is 2. The Morgan fingerprint density at radius 2 is 2.25 bits per heavy atom. The molecule has 0 radical (unpaired) electrons. The molecule has 94 valence electrons. The Hall–Kier alpha value is -0.810. The molecule has 1 fully saturated rings. The standard InChI is InChI=1S/C11H23N3O2/c1-11(2,3)16-10(15)14-7-8-6-13-5-4-9(8)12/h8-9,13H,4-7,12H2,1-3H3,(H,14,15). The van der Waals surface area contributed by atoms with Gasteiger partial charge in [-0.1, -0.05) is 0 Å². The summed E-state index contributed by atoms with van der Waals surface area (Å²) in [7, 11) is 0. The van der Waals surface area contributed by atoms with Crippen LogP contribution in [0.15, 0.2) is 0 Å². The molecule has 0 aromatic carbocycles. The van der Waals surface area contributed by atoms with Crippen molar-refractivity contribution in [2.45, 2.75) is 38.8 Å². The zero-order chi connectivity index (χ0) is 12.2. The first kappa shape index (κ1) is 13.3. The van der Waals surface area contributed by atoms with Crippen LogP contribution in [0.4, 0.5) is 4.79 Å². The average molecular weight is 229 g/mol. The number of piperidine rings is 1. The summed E-state index contributed by atoms with van der Waals surface area (Å²) in [4.78, 5) is 11.4. The Labute approximate surface area is 97.1 Å². The highest BCUT2D eigenvalue weighted by Crippen LogP contribution is 2.09.